The predicted octanol–water partition coefficient (Wildman–Crippen LogP) is 0.878. The van der Waals surface area contributed by atoms with Crippen LogP contribution in [-0.4, -0.2) is 51.5 Å². The lowest BCUT2D eigenvalue weighted by atomic mass is 9.86. The maximum atomic E-state index is 11.3. The lowest BCUT2D eigenvalue weighted by Crippen LogP contribution is -2.65. The summed E-state index contributed by atoms with van der Waals surface area (Å²) in [4.78, 5) is 12.7. The zero-order chi connectivity index (χ0) is 12.6. The lowest BCUT2D eigenvalue weighted by molar-refractivity contribution is -0.0667. The number of aliphatic hydroxyl groups is 1. The first kappa shape index (κ1) is 13.3. The van der Waals surface area contributed by atoms with Crippen LogP contribution in [0.5, 0.6) is 0 Å². The van der Waals surface area contributed by atoms with Crippen molar-refractivity contribution in [2.24, 2.45) is 0 Å². The van der Waals surface area contributed by atoms with Crippen LogP contribution in [-0.2, 0) is 0 Å². The summed E-state index contributed by atoms with van der Waals surface area (Å²) in [6.45, 7) is 8.39. The van der Waals surface area contributed by atoms with Crippen molar-refractivity contribution < 1.29 is 15.0 Å². The van der Waals surface area contributed by atoms with E-state index in [1.807, 2.05) is 20.8 Å². The highest BCUT2D eigenvalue weighted by Gasteiger charge is 2.44. The average molecular weight is 230 g/mol. The molecule has 1 rings (SSSR count). The Morgan fingerprint density at radius 3 is 2.44 bits per heavy atom. The fourth-order valence-electron chi connectivity index (χ4n) is 2.30. The average Bonchev–Trinajstić information content (AvgIpc) is 2.05. The second kappa shape index (κ2) is 4.22. The zero-order valence-electron chi connectivity index (χ0n) is 10.4. The van der Waals surface area contributed by atoms with Gasteiger partial charge in [0, 0.05) is 12.1 Å². The number of β-amino-alcohol motifs (C(OH)–C–C–N with tert-alkyl or cyclic N) is 1. The minimum absolute atomic E-state index is 0.355. The van der Waals surface area contributed by atoms with Gasteiger partial charge in [-0.25, -0.2) is 4.79 Å². The molecule has 1 amide bonds. The Balaban J connectivity index is 2.98. The molecule has 0 saturated carbocycles. The molecule has 5 nitrogen and oxygen atoms in total. The molecule has 0 spiro atoms. The van der Waals surface area contributed by atoms with E-state index < -0.39 is 17.2 Å². The summed E-state index contributed by atoms with van der Waals surface area (Å²) < 4.78 is 0. The Morgan fingerprint density at radius 2 is 2.06 bits per heavy atom. The van der Waals surface area contributed by atoms with Gasteiger partial charge in [0.2, 0.25) is 0 Å². The van der Waals surface area contributed by atoms with E-state index in [9.17, 15) is 15.0 Å². The largest absolute Gasteiger partial charge is 0.465 e. The van der Waals surface area contributed by atoms with Crippen molar-refractivity contribution in [1.82, 2.24) is 10.2 Å². The minimum Gasteiger partial charge on any atom is -0.465 e. The molecule has 1 aliphatic rings. The first-order chi connectivity index (χ1) is 7.16. The molecule has 0 aliphatic carbocycles. The third-order valence-electron chi connectivity index (χ3n) is 3.04. The Morgan fingerprint density at radius 1 is 1.50 bits per heavy atom. The first-order valence-corrected chi connectivity index (χ1v) is 5.61. The fraction of sp³-hybridized carbons (Fsp3) is 0.909. The summed E-state index contributed by atoms with van der Waals surface area (Å²) in [5.74, 6) is 0. The van der Waals surface area contributed by atoms with Gasteiger partial charge in [-0.3, -0.25) is 4.90 Å². The monoisotopic (exact) mass is 230 g/mol. The smallest absolute Gasteiger partial charge is 0.408 e. The Labute approximate surface area is 96.4 Å². The number of carboxylic acid groups (broad SMARTS) is 1. The highest BCUT2D eigenvalue weighted by molar-refractivity contribution is 5.66. The van der Waals surface area contributed by atoms with Gasteiger partial charge in [0.25, 0.3) is 0 Å². The van der Waals surface area contributed by atoms with Crippen LogP contribution in [0.4, 0.5) is 4.79 Å². The van der Waals surface area contributed by atoms with Crippen molar-refractivity contribution in [2.45, 2.75) is 51.3 Å². The van der Waals surface area contributed by atoms with Gasteiger partial charge < -0.3 is 15.5 Å². The number of hydrogen-bond acceptors (Lipinski definition) is 3. The number of piperidine rings is 1. The van der Waals surface area contributed by atoms with Crippen LogP contribution in [0.3, 0.4) is 0 Å². The highest BCUT2D eigenvalue weighted by Crippen LogP contribution is 2.28. The van der Waals surface area contributed by atoms with Crippen LogP contribution < -0.4 is 5.32 Å². The maximum absolute atomic E-state index is 11.3. The van der Waals surface area contributed by atoms with Crippen LogP contribution in [0.1, 0.15) is 34.1 Å². The van der Waals surface area contributed by atoms with Gasteiger partial charge in [-0.05, 0) is 40.7 Å². The standard InChI is InChI=1S/C11H22N2O3/c1-10(2,3)13(9(14)15)8-5-6-12-7-11(8,4)16/h8,12,16H,5-7H2,1-4H3,(H,14,15)/t8-,11-/m1/s1. The summed E-state index contributed by atoms with van der Waals surface area (Å²) >= 11 is 0. The van der Waals surface area contributed by atoms with E-state index in [0.29, 0.717) is 13.0 Å². The van der Waals surface area contributed by atoms with Gasteiger partial charge in [0.15, 0.2) is 0 Å². The van der Waals surface area contributed by atoms with E-state index in [2.05, 4.69) is 5.32 Å². The topological polar surface area (TPSA) is 72.8 Å². The molecule has 0 unspecified atom stereocenters. The van der Waals surface area contributed by atoms with Gasteiger partial charge >= 0.3 is 6.09 Å². The molecule has 0 radical (unpaired) electrons. The molecule has 94 valence electrons. The highest BCUT2D eigenvalue weighted by atomic mass is 16.4. The molecule has 5 heteroatoms. The number of nitrogens with zero attached hydrogens (tertiary/aromatic N) is 1. The van der Waals surface area contributed by atoms with Crippen LogP contribution >= 0.6 is 0 Å². The summed E-state index contributed by atoms with van der Waals surface area (Å²) in [6, 6.07) is -0.355. The van der Waals surface area contributed by atoms with Gasteiger partial charge in [0.05, 0.1) is 11.6 Å². The molecule has 0 aromatic carbocycles. The lowest BCUT2D eigenvalue weighted by Gasteiger charge is -2.48. The molecule has 0 aromatic heterocycles. The zero-order valence-corrected chi connectivity index (χ0v) is 10.4. The normalized spacial score (nSPS) is 31.2. The molecular weight excluding hydrogens is 208 g/mol. The van der Waals surface area contributed by atoms with E-state index in [0.717, 1.165) is 6.54 Å². The van der Waals surface area contributed by atoms with Crippen LogP contribution in [0.2, 0.25) is 0 Å². The van der Waals surface area contributed by atoms with E-state index in [-0.39, 0.29) is 6.04 Å². The molecule has 0 bridgehead atoms. The van der Waals surface area contributed by atoms with E-state index in [4.69, 9.17) is 0 Å². The van der Waals surface area contributed by atoms with Crippen LogP contribution in [0, 0.1) is 0 Å². The van der Waals surface area contributed by atoms with Crippen LogP contribution in [0.15, 0.2) is 0 Å². The summed E-state index contributed by atoms with van der Waals surface area (Å²) in [6.07, 6.45) is -0.337. The first-order valence-electron chi connectivity index (χ1n) is 5.61. The quantitative estimate of drug-likeness (QED) is 0.625. The molecule has 0 aromatic rings. The molecular formula is C11H22N2O3. The van der Waals surface area contributed by atoms with Crippen molar-refractivity contribution in [1.29, 1.82) is 0 Å². The van der Waals surface area contributed by atoms with Gasteiger partial charge in [0.1, 0.15) is 0 Å². The third-order valence-corrected chi connectivity index (χ3v) is 3.04. The third kappa shape index (κ3) is 2.65. The summed E-state index contributed by atoms with van der Waals surface area (Å²) in [7, 11) is 0. The second-order valence-corrected chi connectivity index (χ2v) is 5.66. The molecule has 1 heterocycles. The van der Waals surface area contributed by atoms with E-state index >= 15 is 0 Å². The predicted molar refractivity (Wildman–Crippen MR) is 61.5 cm³/mol. The SMILES string of the molecule is CC(C)(C)N(C(=O)O)[C@@H]1CCNC[C@@]1(C)O. The van der Waals surface area contributed by atoms with Crippen molar-refractivity contribution in [3.8, 4) is 0 Å². The number of carbonyl (C=O) groups is 1. The van der Waals surface area contributed by atoms with Crippen molar-refractivity contribution in [2.75, 3.05) is 13.1 Å². The molecule has 1 aliphatic heterocycles. The Kier molecular flexibility index (Phi) is 3.50. The molecule has 1 saturated heterocycles. The Bertz CT molecular complexity index is 271. The minimum atomic E-state index is -1.01. The second-order valence-electron chi connectivity index (χ2n) is 5.66. The van der Waals surface area contributed by atoms with Crippen molar-refractivity contribution in [3.05, 3.63) is 0 Å². The number of rotatable bonds is 1. The number of nitrogens with one attached hydrogen (secondary N) is 1. The van der Waals surface area contributed by atoms with Crippen LogP contribution in [0.25, 0.3) is 0 Å². The van der Waals surface area contributed by atoms with Gasteiger partial charge in [-0.1, -0.05) is 0 Å². The maximum Gasteiger partial charge on any atom is 0.408 e. The van der Waals surface area contributed by atoms with Gasteiger partial charge in [-0.15, -0.1) is 0 Å². The van der Waals surface area contributed by atoms with Crippen molar-refractivity contribution in [3.63, 3.8) is 0 Å². The number of hydrogen-bond donors (Lipinski definition) is 3. The summed E-state index contributed by atoms with van der Waals surface area (Å²) in [5, 5.41) is 22.6. The van der Waals surface area contributed by atoms with Gasteiger partial charge in [-0.2, -0.15) is 0 Å². The summed E-state index contributed by atoms with van der Waals surface area (Å²) in [5.41, 5.74) is -1.51. The molecule has 3 N–H and O–H groups in total. The molecule has 16 heavy (non-hydrogen) atoms. The molecule has 2 atom stereocenters. The van der Waals surface area contributed by atoms with E-state index in [1.54, 1.807) is 6.92 Å². The van der Waals surface area contributed by atoms with Crippen molar-refractivity contribution >= 4 is 6.09 Å². The van der Waals surface area contributed by atoms with E-state index in [1.165, 1.54) is 4.90 Å². The Hall–Kier alpha value is -0.810. The number of amides is 1. The fourth-order valence-corrected chi connectivity index (χ4v) is 2.30. The molecule has 1 fully saturated rings.